The molecular weight excluding hydrogens is 882 g/mol. The zero-order valence-electron chi connectivity index (χ0n) is 32.4. The summed E-state index contributed by atoms with van der Waals surface area (Å²) in [5.74, 6) is 0. The molecule has 0 saturated carbocycles. The molecule has 18 heteroatoms. The molecule has 60 heavy (non-hydrogen) atoms. The summed E-state index contributed by atoms with van der Waals surface area (Å²) in [6, 6.07) is 43.8. The van der Waals surface area contributed by atoms with E-state index in [0.29, 0.717) is 23.1 Å². The van der Waals surface area contributed by atoms with Crippen molar-refractivity contribution in [3.05, 3.63) is 197 Å². The van der Waals surface area contributed by atoms with Gasteiger partial charge in [0.25, 0.3) is 0 Å². The highest BCUT2D eigenvalue weighted by molar-refractivity contribution is 7.87. The van der Waals surface area contributed by atoms with E-state index < -0.39 is 45.6 Å². The van der Waals surface area contributed by atoms with Crippen molar-refractivity contribution < 1.29 is 53.3 Å². The highest BCUT2D eigenvalue weighted by atomic mass is 31.3. The average Bonchev–Trinajstić information content (AvgIpc) is 3.18. The molecule has 6 aromatic carbocycles. The maximum Gasteiger partial charge on any atom is 0.376 e. The van der Waals surface area contributed by atoms with Crippen molar-refractivity contribution >= 4 is 61.5 Å². The van der Waals surface area contributed by atoms with Crippen LogP contribution in [0.4, 0.5) is 0 Å². The topological polar surface area (TPSA) is 158 Å². The van der Waals surface area contributed by atoms with Gasteiger partial charge in [0.05, 0.1) is 34.4 Å². The van der Waals surface area contributed by atoms with E-state index in [1.807, 2.05) is 19.9 Å². The van der Waals surface area contributed by atoms with Crippen molar-refractivity contribution in [3.8, 4) is 0 Å². The monoisotopic (exact) mass is 922 g/mol. The largest absolute Gasteiger partial charge is 0.376 e. The summed E-state index contributed by atoms with van der Waals surface area (Å²) in [5.41, 5.74) is 4.97. The molecule has 8 rings (SSSR count). The van der Waals surface area contributed by atoms with Crippen LogP contribution in [0.1, 0.15) is 38.9 Å². The van der Waals surface area contributed by atoms with Crippen molar-refractivity contribution in [2.75, 3.05) is 0 Å². The lowest BCUT2D eigenvalue weighted by Gasteiger charge is -2.34. The summed E-state index contributed by atoms with van der Waals surface area (Å²) < 4.78 is 121. The van der Waals surface area contributed by atoms with E-state index in [1.165, 1.54) is 36.4 Å². The zero-order valence-corrected chi connectivity index (χ0v) is 37.8. The second-order valence-corrected chi connectivity index (χ2v) is 27.7. The van der Waals surface area contributed by atoms with E-state index in [1.54, 1.807) is 115 Å². The van der Waals surface area contributed by atoms with Gasteiger partial charge in [-0.15, -0.1) is 0 Å². The molecule has 0 spiro atoms. The Morgan fingerprint density at radius 3 is 1.07 bits per heavy atom. The predicted octanol–water partition coefficient (Wildman–Crippen LogP) is 12.4. The van der Waals surface area contributed by atoms with Gasteiger partial charge in [0.2, 0.25) is 0 Å². The molecule has 12 nitrogen and oxygen atoms in total. The highest BCUT2D eigenvalue weighted by Crippen LogP contribution is 2.84. The third-order valence-corrected chi connectivity index (χ3v) is 25.7. The molecule has 310 valence electrons. The van der Waals surface area contributed by atoms with Gasteiger partial charge in [0.15, 0.2) is 0 Å². The molecule has 0 bridgehead atoms. The number of hydrogen-bond donors (Lipinski definition) is 0. The van der Waals surface area contributed by atoms with Gasteiger partial charge in [0, 0.05) is 0 Å². The quantitative estimate of drug-likeness (QED) is 0.113. The maximum atomic E-state index is 14.6. The summed E-state index contributed by atoms with van der Waals surface area (Å²) in [6.07, 6.45) is -0.484. The fourth-order valence-corrected chi connectivity index (χ4v) is 24.1. The van der Waals surface area contributed by atoms with Gasteiger partial charge in [-0.25, -0.2) is 25.9 Å². The Bertz CT molecular complexity index is 2680. The van der Waals surface area contributed by atoms with Crippen molar-refractivity contribution in [1.82, 2.24) is 0 Å². The third-order valence-electron chi connectivity index (χ3n) is 9.56. The number of benzene rings is 6. The first-order valence-corrected chi connectivity index (χ1v) is 28.6. The van der Waals surface area contributed by atoms with E-state index >= 15 is 0 Å². The van der Waals surface area contributed by atoms with Crippen LogP contribution >= 0.6 is 45.6 Å². The Balaban J connectivity index is 1.04. The molecule has 0 N–H and O–H groups in total. The molecule has 0 aromatic heterocycles. The standard InChI is InChI=1S/C42H40O12P6/c1-33-16-22-40(23-17-33)58(46)52-59(47,41-24-18-34(2)19-25-41)54-60(48,53-58)42-26-20-35(21-27-42)28-38-14-9-15-39(29-38)32-57(45)50-55(43,30-36-10-5-3-6-11-36)49-56(44,51-57)31-37-12-7-4-8-13-37/h3-27,29H,28,30-32H2,1-2H3. The molecule has 0 radical (unpaired) electrons. The zero-order chi connectivity index (χ0) is 42.2. The molecule has 0 aliphatic carbocycles. The van der Waals surface area contributed by atoms with E-state index in [9.17, 15) is 27.4 Å². The molecular formula is C42H40O12P6. The second-order valence-electron chi connectivity index (χ2n) is 14.6. The lowest BCUT2D eigenvalue weighted by molar-refractivity contribution is 0.274. The van der Waals surface area contributed by atoms with Crippen LogP contribution in [0.2, 0.25) is 0 Å². The smallest absolute Gasteiger partial charge is 0.259 e. The molecule has 2 fully saturated rings. The van der Waals surface area contributed by atoms with E-state index in [-0.39, 0.29) is 34.4 Å². The molecule has 4 atom stereocenters. The van der Waals surface area contributed by atoms with E-state index in [2.05, 4.69) is 0 Å². The summed E-state index contributed by atoms with van der Waals surface area (Å²) in [4.78, 5) is 0. The molecule has 6 aromatic rings. The van der Waals surface area contributed by atoms with Crippen LogP contribution < -0.4 is 15.9 Å². The van der Waals surface area contributed by atoms with Gasteiger partial charge in [-0.1, -0.05) is 132 Å². The van der Waals surface area contributed by atoms with Crippen LogP contribution in [0.15, 0.2) is 158 Å². The van der Waals surface area contributed by atoms with Crippen LogP contribution in [0, 0.1) is 13.8 Å². The molecule has 0 amide bonds. The van der Waals surface area contributed by atoms with Crippen LogP contribution in [0.25, 0.3) is 0 Å². The van der Waals surface area contributed by atoms with Crippen LogP contribution in [0.5, 0.6) is 0 Å². The normalized spacial score (nSPS) is 29.2. The van der Waals surface area contributed by atoms with Gasteiger partial charge < -0.3 is 0 Å². The van der Waals surface area contributed by atoms with Gasteiger partial charge >= 0.3 is 45.6 Å². The number of aryl methyl sites for hydroxylation is 2. The minimum absolute atomic E-state index is 0.0229. The Kier molecular flexibility index (Phi) is 12.2. The molecule has 2 saturated heterocycles. The summed E-state index contributed by atoms with van der Waals surface area (Å²) in [7, 11) is -26.2. The minimum atomic E-state index is -4.53. The lowest BCUT2D eigenvalue weighted by atomic mass is 10.0. The Morgan fingerprint density at radius 2 is 0.667 bits per heavy atom. The van der Waals surface area contributed by atoms with Crippen molar-refractivity contribution in [2.45, 2.75) is 38.8 Å². The SMILES string of the molecule is Cc1ccc(P2(=O)OP(=O)(c3ccc(C)cc3)OP(=O)(c3ccc(Cc4cccc(CP5(=O)OP(=O)(Cc6ccccc6)OP(=O)(Cc6ccccc6)O5)c4)cc3)O2)cc1. The molecule has 2 aliphatic rings. The van der Waals surface area contributed by atoms with Crippen molar-refractivity contribution in [3.63, 3.8) is 0 Å². The first-order valence-electron chi connectivity index (χ1n) is 18.8. The van der Waals surface area contributed by atoms with Gasteiger partial charge in [-0.2, -0.15) is 0 Å². The summed E-state index contributed by atoms with van der Waals surface area (Å²) >= 11 is 0. The minimum Gasteiger partial charge on any atom is -0.259 e. The number of rotatable bonds is 11. The Labute approximate surface area is 348 Å². The van der Waals surface area contributed by atoms with Gasteiger partial charge in [0.1, 0.15) is 0 Å². The fraction of sp³-hybridized carbons (Fsp3) is 0.143. The second kappa shape index (κ2) is 17.0. The lowest BCUT2D eigenvalue weighted by Crippen LogP contribution is -2.22. The van der Waals surface area contributed by atoms with E-state index in [0.717, 1.165) is 22.3 Å². The van der Waals surface area contributed by atoms with Crippen LogP contribution in [-0.4, -0.2) is 0 Å². The molecule has 2 heterocycles. The number of hydrogen-bond acceptors (Lipinski definition) is 12. The third kappa shape index (κ3) is 9.89. The van der Waals surface area contributed by atoms with E-state index in [4.69, 9.17) is 25.9 Å². The maximum absolute atomic E-state index is 14.6. The van der Waals surface area contributed by atoms with Gasteiger partial charge in [-0.3, -0.25) is 27.4 Å². The van der Waals surface area contributed by atoms with Crippen LogP contribution in [0.3, 0.4) is 0 Å². The molecule has 4 unspecified atom stereocenters. The van der Waals surface area contributed by atoms with Crippen molar-refractivity contribution in [2.24, 2.45) is 0 Å². The fourth-order valence-electron chi connectivity index (χ4n) is 6.70. The Morgan fingerprint density at radius 1 is 0.333 bits per heavy atom. The van der Waals surface area contributed by atoms with Crippen molar-refractivity contribution in [1.29, 1.82) is 0 Å². The molecule has 2 aliphatic heterocycles. The highest BCUT2D eigenvalue weighted by Gasteiger charge is 2.56. The first-order chi connectivity index (χ1) is 28.5. The summed E-state index contributed by atoms with van der Waals surface area (Å²) in [5, 5.41) is 0.185. The summed E-state index contributed by atoms with van der Waals surface area (Å²) in [6.45, 7) is 3.70. The predicted molar refractivity (Wildman–Crippen MR) is 233 cm³/mol. The van der Waals surface area contributed by atoms with Gasteiger partial charge in [-0.05, 0) is 84.5 Å². The average molecular weight is 923 g/mol. The van der Waals surface area contributed by atoms with Crippen LogP contribution in [-0.2, 0) is 78.2 Å². The Hall–Kier alpha value is -3.54. The first kappa shape index (κ1) is 43.1.